The van der Waals surface area contributed by atoms with Gasteiger partial charge in [0.15, 0.2) is 0 Å². The first-order chi connectivity index (χ1) is 7.83. The summed E-state index contributed by atoms with van der Waals surface area (Å²) in [6, 6.07) is 10.4. The maximum atomic E-state index is 5.82. The van der Waals surface area contributed by atoms with Gasteiger partial charge in [-0.1, -0.05) is 6.07 Å². The maximum Gasteiger partial charge on any atom is 0.0440 e. The molecule has 0 saturated carbocycles. The molecule has 0 fully saturated rings. The van der Waals surface area contributed by atoms with E-state index in [0.717, 1.165) is 25.2 Å². The Morgan fingerprint density at radius 1 is 1.25 bits per heavy atom. The molecule has 3 heteroatoms. The zero-order chi connectivity index (χ0) is 11.0. The van der Waals surface area contributed by atoms with E-state index in [9.17, 15) is 0 Å². The molecule has 1 aliphatic heterocycles. The van der Waals surface area contributed by atoms with Crippen LogP contribution >= 0.6 is 11.3 Å². The van der Waals surface area contributed by atoms with Crippen molar-refractivity contribution < 1.29 is 0 Å². The zero-order valence-corrected chi connectivity index (χ0v) is 9.83. The predicted molar refractivity (Wildman–Crippen MR) is 69.9 cm³/mol. The molecule has 1 aromatic carbocycles. The number of nitrogens with zero attached hydrogens (tertiary/aromatic N) is 1. The Morgan fingerprint density at radius 2 is 2.19 bits per heavy atom. The molecule has 0 amide bonds. The molecule has 0 atom stereocenters. The summed E-state index contributed by atoms with van der Waals surface area (Å²) < 4.78 is 0. The lowest BCUT2D eigenvalue weighted by atomic mass is 10.1. The largest absolute Gasteiger partial charge is 0.399 e. The lowest BCUT2D eigenvalue weighted by Gasteiger charge is -2.29. The van der Waals surface area contributed by atoms with Gasteiger partial charge in [-0.05, 0) is 41.6 Å². The number of hydrogen-bond donors (Lipinski definition) is 1. The number of anilines is 2. The molecular weight excluding hydrogens is 216 g/mol. The highest BCUT2D eigenvalue weighted by molar-refractivity contribution is 7.10. The smallest absolute Gasteiger partial charge is 0.0440 e. The van der Waals surface area contributed by atoms with Crippen molar-refractivity contribution >= 4 is 22.7 Å². The van der Waals surface area contributed by atoms with Crippen LogP contribution in [0.3, 0.4) is 0 Å². The predicted octanol–water partition coefficient (Wildman–Crippen LogP) is 2.89. The van der Waals surface area contributed by atoms with Crippen LogP contribution < -0.4 is 10.6 Å². The quantitative estimate of drug-likeness (QED) is 0.763. The number of nitrogen functional groups attached to an aromatic ring is 1. The molecule has 82 valence electrons. The van der Waals surface area contributed by atoms with Crippen molar-refractivity contribution in [2.24, 2.45) is 0 Å². The molecule has 0 aliphatic carbocycles. The van der Waals surface area contributed by atoms with E-state index < -0.39 is 0 Å². The molecule has 3 rings (SSSR count). The second-order valence-corrected chi connectivity index (χ2v) is 5.14. The third kappa shape index (κ3) is 1.67. The Kier molecular flexibility index (Phi) is 2.33. The van der Waals surface area contributed by atoms with Gasteiger partial charge >= 0.3 is 0 Å². The van der Waals surface area contributed by atoms with Gasteiger partial charge in [-0.3, -0.25) is 0 Å². The molecule has 0 unspecified atom stereocenters. The Bertz CT molecular complexity index is 504. The topological polar surface area (TPSA) is 29.3 Å². The summed E-state index contributed by atoms with van der Waals surface area (Å²) in [4.78, 5) is 3.94. The molecule has 0 radical (unpaired) electrons. The molecule has 1 aromatic heterocycles. The number of rotatable bonds is 1. The lowest BCUT2D eigenvalue weighted by molar-refractivity contribution is 0.744. The van der Waals surface area contributed by atoms with Crippen LogP contribution in [0.4, 0.5) is 11.4 Å². The van der Waals surface area contributed by atoms with Gasteiger partial charge < -0.3 is 10.6 Å². The normalized spacial score (nSPS) is 14.9. The van der Waals surface area contributed by atoms with Crippen LogP contribution in [-0.4, -0.2) is 6.54 Å². The van der Waals surface area contributed by atoms with Crippen LogP contribution in [0.15, 0.2) is 35.7 Å². The SMILES string of the molecule is Nc1cccc(N2CCc3sccc3C2)c1. The van der Waals surface area contributed by atoms with E-state index >= 15 is 0 Å². The number of fused-ring (bicyclic) bond motifs is 1. The minimum absolute atomic E-state index is 0.841. The van der Waals surface area contributed by atoms with Crippen molar-refractivity contribution in [3.05, 3.63) is 46.2 Å². The van der Waals surface area contributed by atoms with Crippen LogP contribution in [0.1, 0.15) is 10.4 Å². The third-order valence-electron chi connectivity index (χ3n) is 3.04. The van der Waals surface area contributed by atoms with E-state index in [-0.39, 0.29) is 0 Å². The molecule has 0 spiro atoms. The van der Waals surface area contributed by atoms with E-state index in [0.29, 0.717) is 0 Å². The fourth-order valence-corrected chi connectivity index (χ4v) is 3.08. The fraction of sp³-hybridized carbons (Fsp3) is 0.231. The summed E-state index contributed by atoms with van der Waals surface area (Å²) in [5.41, 5.74) is 9.36. The van der Waals surface area contributed by atoms with E-state index in [4.69, 9.17) is 5.73 Å². The molecule has 2 heterocycles. The van der Waals surface area contributed by atoms with Gasteiger partial charge in [0.1, 0.15) is 0 Å². The third-order valence-corrected chi connectivity index (χ3v) is 4.07. The highest BCUT2D eigenvalue weighted by Gasteiger charge is 2.17. The number of thiophene rings is 1. The van der Waals surface area contributed by atoms with Crippen LogP contribution in [0.2, 0.25) is 0 Å². The van der Waals surface area contributed by atoms with Gasteiger partial charge in [-0.15, -0.1) is 11.3 Å². The summed E-state index contributed by atoms with van der Waals surface area (Å²) >= 11 is 1.87. The van der Waals surface area contributed by atoms with Crippen molar-refractivity contribution in [3.8, 4) is 0 Å². The molecule has 16 heavy (non-hydrogen) atoms. The van der Waals surface area contributed by atoms with E-state index in [1.165, 1.54) is 11.3 Å². The van der Waals surface area contributed by atoms with Gasteiger partial charge in [0.2, 0.25) is 0 Å². The monoisotopic (exact) mass is 230 g/mol. The minimum Gasteiger partial charge on any atom is -0.399 e. The van der Waals surface area contributed by atoms with Crippen molar-refractivity contribution in [2.45, 2.75) is 13.0 Å². The Balaban J connectivity index is 1.88. The summed E-state index contributed by atoms with van der Waals surface area (Å²) in [5, 5.41) is 2.19. The van der Waals surface area contributed by atoms with Crippen LogP contribution in [-0.2, 0) is 13.0 Å². The number of benzene rings is 1. The van der Waals surface area contributed by atoms with Crippen molar-refractivity contribution in [3.63, 3.8) is 0 Å². The van der Waals surface area contributed by atoms with Crippen LogP contribution in [0, 0.1) is 0 Å². The van der Waals surface area contributed by atoms with Gasteiger partial charge in [-0.2, -0.15) is 0 Å². The number of nitrogens with two attached hydrogens (primary N) is 1. The average molecular weight is 230 g/mol. The van der Waals surface area contributed by atoms with Gasteiger partial charge in [0.25, 0.3) is 0 Å². The lowest BCUT2D eigenvalue weighted by Crippen LogP contribution is -2.29. The molecule has 2 nitrogen and oxygen atoms in total. The standard InChI is InChI=1S/C13H14N2S/c14-11-2-1-3-12(8-11)15-6-4-13-10(9-15)5-7-16-13/h1-3,5,7-8H,4,6,9,14H2. The summed E-state index contributed by atoms with van der Waals surface area (Å²) in [7, 11) is 0. The van der Waals surface area contributed by atoms with E-state index in [1.54, 1.807) is 4.88 Å². The second-order valence-electron chi connectivity index (χ2n) is 4.14. The fourth-order valence-electron chi connectivity index (χ4n) is 2.19. The minimum atomic E-state index is 0.841. The number of hydrogen-bond acceptors (Lipinski definition) is 3. The Morgan fingerprint density at radius 3 is 3.06 bits per heavy atom. The Hall–Kier alpha value is -1.48. The van der Waals surface area contributed by atoms with Crippen LogP contribution in [0.25, 0.3) is 0 Å². The van der Waals surface area contributed by atoms with E-state index in [1.807, 2.05) is 23.5 Å². The van der Waals surface area contributed by atoms with Crippen molar-refractivity contribution in [2.75, 3.05) is 17.2 Å². The molecule has 2 aromatic rings. The summed E-state index contributed by atoms with van der Waals surface area (Å²) in [6.45, 7) is 2.11. The first kappa shape index (κ1) is 9.73. The zero-order valence-electron chi connectivity index (χ0n) is 9.02. The van der Waals surface area contributed by atoms with Gasteiger partial charge in [0, 0.05) is 29.3 Å². The summed E-state index contributed by atoms with van der Waals surface area (Å²) in [6.07, 6.45) is 1.15. The second kappa shape index (κ2) is 3.83. The molecule has 2 N–H and O–H groups in total. The molecule has 0 saturated heterocycles. The van der Waals surface area contributed by atoms with E-state index in [2.05, 4.69) is 28.5 Å². The molecular formula is C13H14N2S. The van der Waals surface area contributed by atoms with Crippen LogP contribution in [0.5, 0.6) is 0 Å². The van der Waals surface area contributed by atoms with Crippen molar-refractivity contribution in [1.29, 1.82) is 0 Å². The highest BCUT2D eigenvalue weighted by Crippen LogP contribution is 2.28. The summed E-state index contributed by atoms with van der Waals surface area (Å²) in [5.74, 6) is 0. The first-order valence-corrected chi connectivity index (χ1v) is 6.36. The maximum absolute atomic E-state index is 5.82. The Labute approximate surface area is 99.3 Å². The van der Waals surface area contributed by atoms with Gasteiger partial charge in [-0.25, -0.2) is 0 Å². The molecule has 1 aliphatic rings. The van der Waals surface area contributed by atoms with Gasteiger partial charge in [0.05, 0.1) is 0 Å². The van der Waals surface area contributed by atoms with Crippen molar-refractivity contribution in [1.82, 2.24) is 0 Å². The average Bonchev–Trinajstić information content (AvgIpc) is 2.75. The first-order valence-electron chi connectivity index (χ1n) is 5.49. The molecule has 0 bridgehead atoms. The highest BCUT2D eigenvalue weighted by atomic mass is 32.1.